The number of hydrogen-bond acceptors (Lipinski definition) is 3. The fourth-order valence-corrected chi connectivity index (χ4v) is 2.94. The van der Waals surface area contributed by atoms with Crippen LogP contribution < -0.4 is 4.74 Å². The van der Waals surface area contributed by atoms with Gasteiger partial charge in [0, 0.05) is 11.1 Å². The Morgan fingerprint density at radius 2 is 2.00 bits per heavy atom. The molecule has 0 amide bonds. The molecule has 3 aromatic rings. The summed E-state index contributed by atoms with van der Waals surface area (Å²) in [5, 5.41) is 5.02. The molecular formula is C19H15Cl2FN2O2. The van der Waals surface area contributed by atoms with Gasteiger partial charge < -0.3 is 4.74 Å². The second-order valence-electron chi connectivity index (χ2n) is 5.63. The summed E-state index contributed by atoms with van der Waals surface area (Å²) in [6.45, 7) is 2.01. The van der Waals surface area contributed by atoms with Gasteiger partial charge in [0.2, 0.25) is 5.88 Å². The molecule has 1 heterocycles. The summed E-state index contributed by atoms with van der Waals surface area (Å²) in [6.07, 6.45) is 1.57. The molecule has 0 aliphatic rings. The average molecular weight is 393 g/mol. The van der Waals surface area contributed by atoms with Crippen LogP contribution in [-0.4, -0.2) is 15.7 Å². The second kappa shape index (κ2) is 7.89. The minimum atomic E-state index is -0.646. The fourth-order valence-electron chi connectivity index (χ4n) is 2.46. The monoisotopic (exact) mass is 392 g/mol. The lowest BCUT2D eigenvalue weighted by atomic mass is 10.2. The van der Waals surface area contributed by atoms with Gasteiger partial charge in [0.25, 0.3) is 0 Å². The molecule has 0 atom stereocenters. The molecule has 3 rings (SSSR count). The minimum Gasteiger partial charge on any atom is -0.404 e. The van der Waals surface area contributed by atoms with Crippen LogP contribution in [0.2, 0.25) is 10.0 Å². The van der Waals surface area contributed by atoms with Crippen LogP contribution in [0.4, 0.5) is 4.39 Å². The highest BCUT2D eigenvalue weighted by Crippen LogP contribution is 2.25. The highest BCUT2D eigenvalue weighted by molar-refractivity contribution is 6.36. The predicted molar refractivity (Wildman–Crippen MR) is 98.9 cm³/mol. The van der Waals surface area contributed by atoms with Crippen molar-refractivity contribution in [3.05, 3.63) is 75.7 Å². The predicted octanol–water partition coefficient (Wildman–Crippen LogP) is 5.49. The number of ether oxygens (including phenoxy) is 1. The normalized spacial score (nSPS) is 10.8. The first-order chi connectivity index (χ1) is 12.5. The zero-order valence-corrected chi connectivity index (χ0v) is 15.4. The van der Waals surface area contributed by atoms with Gasteiger partial charge in [0.05, 0.1) is 22.0 Å². The first-order valence-corrected chi connectivity index (χ1v) is 8.75. The summed E-state index contributed by atoms with van der Waals surface area (Å²) >= 11 is 11.9. The maximum absolute atomic E-state index is 13.6. The summed E-state index contributed by atoms with van der Waals surface area (Å²) < 4.78 is 20.5. The fraction of sp³-hybridized carbons (Fsp3) is 0.158. The smallest absolute Gasteiger partial charge is 0.346 e. The lowest BCUT2D eigenvalue weighted by molar-refractivity contribution is 0.0723. The van der Waals surface area contributed by atoms with Crippen molar-refractivity contribution in [2.75, 3.05) is 0 Å². The van der Waals surface area contributed by atoms with Crippen molar-refractivity contribution in [2.24, 2.45) is 0 Å². The van der Waals surface area contributed by atoms with E-state index in [0.717, 1.165) is 12.1 Å². The van der Waals surface area contributed by atoms with E-state index in [-0.39, 0.29) is 16.5 Å². The van der Waals surface area contributed by atoms with Crippen LogP contribution >= 0.6 is 23.2 Å². The van der Waals surface area contributed by atoms with Crippen LogP contribution in [0.1, 0.15) is 29.4 Å². The summed E-state index contributed by atoms with van der Waals surface area (Å²) in [5.74, 6) is -0.865. The summed E-state index contributed by atoms with van der Waals surface area (Å²) in [7, 11) is 0. The van der Waals surface area contributed by atoms with Gasteiger partial charge in [0.1, 0.15) is 5.82 Å². The molecule has 26 heavy (non-hydrogen) atoms. The van der Waals surface area contributed by atoms with E-state index < -0.39 is 11.8 Å². The molecule has 2 aromatic carbocycles. The van der Waals surface area contributed by atoms with Crippen molar-refractivity contribution in [1.82, 2.24) is 9.78 Å². The summed E-state index contributed by atoms with van der Waals surface area (Å²) in [5.41, 5.74) is 1.37. The molecule has 4 nitrogen and oxygen atoms in total. The lowest BCUT2D eigenvalue weighted by Crippen LogP contribution is -2.12. The van der Waals surface area contributed by atoms with Crippen molar-refractivity contribution in [3.8, 4) is 11.6 Å². The SMILES string of the molecule is CCCc1cc(OC(=O)c2ccc(Cl)cc2Cl)n(-c2cccc(F)c2)n1. The topological polar surface area (TPSA) is 44.1 Å². The molecule has 0 spiro atoms. The van der Waals surface area contributed by atoms with E-state index in [1.807, 2.05) is 6.92 Å². The first-order valence-electron chi connectivity index (χ1n) is 8.00. The number of benzene rings is 2. The Balaban J connectivity index is 1.97. The number of nitrogens with zero attached hydrogens (tertiary/aromatic N) is 2. The molecule has 0 saturated carbocycles. The minimum absolute atomic E-state index is 0.181. The third-order valence-electron chi connectivity index (χ3n) is 3.63. The molecular weight excluding hydrogens is 378 g/mol. The molecule has 0 bridgehead atoms. The van der Waals surface area contributed by atoms with Crippen molar-refractivity contribution in [3.63, 3.8) is 0 Å². The number of hydrogen-bond donors (Lipinski definition) is 0. The van der Waals surface area contributed by atoms with E-state index in [2.05, 4.69) is 5.10 Å². The van der Waals surface area contributed by atoms with Gasteiger partial charge in [0.15, 0.2) is 0 Å². The van der Waals surface area contributed by atoms with Crippen molar-refractivity contribution in [2.45, 2.75) is 19.8 Å². The molecule has 1 aromatic heterocycles. The van der Waals surface area contributed by atoms with Gasteiger partial charge >= 0.3 is 5.97 Å². The van der Waals surface area contributed by atoms with Gasteiger partial charge in [-0.2, -0.15) is 5.10 Å². The maximum atomic E-state index is 13.6. The van der Waals surface area contributed by atoms with Crippen LogP contribution in [0.3, 0.4) is 0 Å². The second-order valence-corrected chi connectivity index (χ2v) is 6.47. The van der Waals surface area contributed by atoms with Crippen LogP contribution in [0.5, 0.6) is 5.88 Å². The Morgan fingerprint density at radius 3 is 2.69 bits per heavy atom. The van der Waals surface area contributed by atoms with E-state index >= 15 is 0 Å². The zero-order valence-electron chi connectivity index (χ0n) is 13.9. The van der Waals surface area contributed by atoms with E-state index in [1.54, 1.807) is 24.3 Å². The number of carbonyl (C=O) groups excluding carboxylic acids is 1. The van der Waals surface area contributed by atoms with Crippen LogP contribution in [0.25, 0.3) is 5.69 Å². The molecule has 0 aliphatic carbocycles. The van der Waals surface area contributed by atoms with Crippen LogP contribution in [-0.2, 0) is 6.42 Å². The third kappa shape index (κ3) is 4.06. The Hall–Kier alpha value is -2.37. The molecule has 0 radical (unpaired) electrons. The summed E-state index contributed by atoms with van der Waals surface area (Å²) in [4.78, 5) is 12.5. The highest BCUT2D eigenvalue weighted by Gasteiger charge is 2.18. The number of rotatable bonds is 5. The Morgan fingerprint density at radius 1 is 1.19 bits per heavy atom. The number of aromatic nitrogens is 2. The highest BCUT2D eigenvalue weighted by atomic mass is 35.5. The molecule has 0 N–H and O–H groups in total. The number of halogens is 3. The third-order valence-corrected chi connectivity index (χ3v) is 4.18. The van der Waals surface area contributed by atoms with Crippen molar-refractivity contribution >= 4 is 29.2 Å². The largest absolute Gasteiger partial charge is 0.404 e. The van der Waals surface area contributed by atoms with E-state index in [9.17, 15) is 9.18 Å². The quantitative estimate of drug-likeness (QED) is 0.539. The first kappa shape index (κ1) is 18.4. The van der Waals surface area contributed by atoms with Gasteiger partial charge in [-0.3, -0.25) is 0 Å². The standard InChI is InChI=1S/C19H15Cl2FN2O2/c1-2-4-14-11-18(24(23-14)15-6-3-5-13(22)10-15)26-19(25)16-8-7-12(20)9-17(16)21/h3,5-11H,2,4H2,1H3. The zero-order chi connectivity index (χ0) is 18.7. The van der Waals surface area contributed by atoms with Crippen LogP contribution in [0.15, 0.2) is 48.5 Å². The van der Waals surface area contributed by atoms with Gasteiger partial charge in [-0.15, -0.1) is 0 Å². The molecule has 0 fully saturated rings. The lowest BCUT2D eigenvalue weighted by Gasteiger charge is -2.09. The Labute approximate surface area is 160 Å². The molecule has 0 saturated heterocycles. The van der Waals surface area contributed by atoms with Gasteiger partial charge in [-0.1, -0.05) is 42.6 Å². The van der Waals surface area contributed by atoms with Crippen molar-refractivity contribution < 1.29 is 13.9 Å². The molecule has 0 unspecified atom stereocenters. The molecule has 134 valence electrons. The number of aryl methyl sites for hydroxylation is 1. The number of esters is 1. The van der Waals surface area contributed by atoms with Gasteiger partial charge in [-0.05, 0) is 42.8 Å². The van der Waals surface area contributed by atoms with E-state index in [0.29, 0.717) is 17.1 Å². The molecule has 0 aliphatic heterocycles. The van der Waals surface area contributed by atoms with E-state index in [4.69, 9.17) is 27.9 Å². The van der Waals surface area contributed by atoms with E-state index in [1.165, 1.54) is 28.9 Å². The summed E-state index contributed by atoms with van der Waals surface area (Å²) in [6, 6.07) is 12.1. The Bertz CT molecular complexity index is 956. The molecule has 7 heteroatoms. The average Bonchev–Trinajstić information content (AvgIpc) is 2.97. The van der Waals surface area contributed by atoms with Crippen LogP contribution in [0, 0.1) is 5.82 Å². The van der Waals surface area contributed by atoms with Crippen molar-refractivity contribution in [1.29, 1.82) is 0 Å². The Kier molecular flexibility index (Phi) is 5.59. The number of carbonyl (C=O) groups is 1. The maximum Gasteiger partial charge on any atom is 0.346 e. The van der Waals surface area contributed by atoms with Gasteiger partial charge in [-0.25, -0.2) is 13.9 Å².